The van der Waals surface area contributed by atoms with Crippen LogP contribution >= 0.6 is 0 Å². The van der Waals surface area contributed by atoms with Gasteiger partial charge in [-0.05, 0) is 48.2 Å². The number of hydrogen-bond donors (Lipinski definition) is 1. The maximum atomic E-state index is 12.9. The van der Waals surface area contributed by atoms with Gasteiger partial charge in [-0.25, -0.2) is 4.68 Å². The average Bonchev–Trinajstić information content (AvgIpc) is 2.94. The van der Waals surface area contributed by atoms with Crippen LogP contribution in [0.25, 0.3) is 16.9 Å². The van der Waals surface area contributed by atoms with Crippen LogP contribution in [0.2, 0.25) is 0 Å². The number of aromatic nitrogens is 2. The van der Waals surface area contributed by atoms with Gasteiger partial charge in [0.15, 0.2) is 5.78 Å². The minimum Gasteiger partial charge on any atom is -0.508 e. The summed E-state index contributed by atoms with van der Waals surface area (Å²) in [6.45, 7) is 4.21. The molecule has 1 aliphatic carbocycles. The van der Waals surface area contributed by atoms with Gasteiger partial charge in [0.25, 0.3) is 0 Å². The molecule has 0 spiro atoms. The van der Waals surface area contributed by atoms with Crippen molar-refractivity contribution in [3.8, 4) is 22.7 Å². The molecule has 4 nitrogen and oxygen atoms in total. The molecule has 4 heteroatoms. The van der Waals surface area contributed by atoms with Crippen LogP contribution < -0.4 is 0 Å². The molecular formula is C21H20N2O2. The number of Topliss-reactive ketones (excluding diaryl/α,β-unsaturated/α-hetero) is 1. The largest absolute Gasteiger partial charge is 0.508 e. The van der Waals surface area contributed by atoms with Crippen LogP contribution in [-0.4, -0.2) is 20.7 Å². The topological polar surface area (TPSA) is 55.1 Å². The Bertz CT molecular complexity index is 938. The van der Waals surface area contributed by atoms with E-state index < -0.39 is 0 Å². The average molecular weight is 332 g/mol. The lowest BCUT2D eigenvalue weighted by Gasteiger charge is -2.27. The van der Waals surface area contributed by atoms with Gasteiger partial charge >= 0.3 is 0 Å². The quantitative estimate of drug-likeness (QED) is 0.757. The molecule has 0 saturated carbocycles. The normalized spacial score (nSPS) is 15.8. The van der Waals surface area contributed by atoms with Crippen LogP contribution in [-0.2, 0) is 6.42 Å². The Labute approximate surface area is 146 Å². The Morgan fingerprint density at radius 2 is 1.68 bits per heavy atom. The van der Waals surface area contributed by atoms with Gasteiger partial charge in [-0.3, -0.25) is 4.79 Å². The number of carbonyl (C=O) groups excluding carboxylic acids is 1. The SMILES string of the molecule is CC1(C)CC(=O)c2c(nn(-c3ccccc3)c2-c2ccc(O)cc2)C1. The molecule has 126 valence electrons. The molecule has 2 aromatic carbocycles. The smallest absolute Gasteiger partial charge is 0.167 e. The van der Waals surface area contributed by atoms with Crippen molar-refractivity contribution in [2.75, 3.05) is 0 Å². The van der Waals surface area contributed by atoms with Crippen LogP contribution in [0.4, 0.5) is 0 Å². The number of benzene rings is 2. The second kappa shape index (κ2) is 5.59. The fourth-order valence-corrected chi connectivity index (χ4v) is 3.56. The summed E-state index contributed by atoms with van der Waals surface area (Å²) in [5, 5.41) is 14.4. The van der Waals surface area contributed by atoms with Crippen molar-refractivity contribution >= 4 is 5.78 Å². The van der Waals surface area contributed by atoms with E-state index in [-0.39, 0.29) is 16.9 Å². The number of carbonyl (C=O) groups is 1. The fourth-order valence-electron chi connectivity index (χ4n) is 3.56. The highest BCUT2D eigenvalue weighted by molar-refractivity contribution is 6.04. The van der Waals surface area contributed by atoms with Crippen LogP contribution in [0.15, 0.2) is 54.6 Å². The number of aromatic hydroxyl groups is 1. The lowest BCUT2D eigenvalue weighted by molar-refractivity contribution is 0.0912. The van der Waals surface area contributed by atoms with Gasteiger partial charge in [0, 0.05) is 12.0 Å². The fraction of sp³-hybridized carbons (Fsp3) is 0.238. The van der Waals surface area contributed by atoms with Gasteiger partial charge in [0.05, 0.1) is 22.6 Å². The van der Waals surface area contributed by atoms with Crippen molar-refractivity contribution in [3.05, 3.63) is 65.9 Å². The molecule has 1 aromatic heterocycles. The molecule has 25 heavy (non-hydrogen) atoms. The predicted molar refractivity (Wildman–Crippen MR) is 97.1 cm³/mol. The standard InChI is InChI=1S/C21H20N2O2/c1-21(2)12-17-19(18(25)13-21)20(14-8-10-16(24)11-9-14)23(22-17)15-6-4-3-5-7-15/h3-11,24H,12-13H2,1-2H3. The first-order valence-corrected chi connectivity index (χ1v) is 8.44. The number of rotatable bonds is 2. The van der Waals surface area contributed by atoms with Crippen LogP contribution in [0.3, 0.4) is 0 Å². The summed E-state index contributed by atoms with van der Waals surface area (Å²) >= 11 is 0. The molecule has 0 saturated heterocycles. The number of para-hydroxylation sites is 1. The Kier molecular flexibility index (Phi) is 3.49. The zero-order valence-corrected chi connectivity index (χ0v) is 14.4. The van der Waals surface area contributed by atoms with E-state index in [4.69, 9.17) is 5.10 Å². The van der Waals surface area contributed by atoms with Crippen molar-refractivity contribution in [1.82, 2.24) is 9.78 Å². The van der Waals surface area contributed by atoms with Crippen molar-refractivity contribution in [2.24, 2.45) is 5.41 Å². The summed E-state index contributed by atoms with van der Waals surface area (Å²) < 4.78 is 1.86. The second-order valence-electron chi connectivity index (χ2n) is 7.41. The summed E-state index contributed by atoms with van der Waals surface area (Å²) in [4.78, 5) is 12.9. The zero-order chi connectivity index (χ0) is 17.6. The Hall–Kier alpha value is -2.88. The molecule has 3 aromatic rings. The minimum absolute atomic E-state index is 0.0772. The number of phenolic OH excluding ortho intramolecular Hbond substituents is 1. The van der Waals surface area contributed by atoms with E-state index >= 15 is 0 Å². The van der Waals surface area contributed by atoms with Crippen molar-refractivity contribution in [3.63, 3.8) is 0 Å². The van der Waals surface area contributed by atoms with E-state index in [1.807, 2.05) is 47.1 Å². The third-order valence-electron chi connectivity index (χ3n) is 4.66. The molecule has 1 aliphatic rings. The van der Waals surface area contributed by atoms with Crippen molar-refractivity contribution in [2.45, 2.75) is 26.7 Å². The number of fused-ring (bicyclic) bond motifs is 1. The van der Waals surface area contributed by atoms with E-state index in [2.05, 4.69) is 13.8 Å². The van der Waals surface area contributed by atoms with Crippen LogP contribution in [0.5, 0.6) is 5.75 Å². The van der Waals surface area contributed by atoms with Crippen LogP contribution in [0, 0.1) is 5.41 Å². The molecule has 1 heterocycles. The van der Waals surface area contributed by atoms with E-state index in [0.717, 1.165) is 29.1 Å². The number of phenols is 1. The Morgan fingerprint density at radius 1 is 1.00 bits per heavy atom. The Morgan fingerprint density at radius 3 is 2.36 bits per heavy atom. The lowest BCUT2D eigenvalue weighted by atomic mass is 9.75. The van der Waals surface area contributed by atoms with E-state index in [1.165, 1.54) is 0 Å². The number of ketones is 1. The van der Waals surface area contributed by atoms with Gasteiger partial charge in [0.2, 0.25) is 0 Å². The molecule has 0 fully saturated rings. The molecule has 0 unspecified atom stereocenters. The maximum absolute atomic E-state index is 12.9. The highest BCUT2D eigenvalue weighted by atomic mass is 16.3. The molecule has 0 radical (unpaired) electrons. The Balaban J connectivity index is 1.99. The zero-order valence-electron chi connectivity index (χ0n) is 14.4. The predicted octanol–water partition coefficient (Wildman–Crippen LogP) is 4.40. The van der Waals surface area contributed by atoms with Gasteiger partial charge in [0.1, 0.15) is 5.75 Å². The maximum Gasteiger partial charge on any atom is 0.167 e. The molecule has 0 amide bonds. The first-order chi connectivity index (χ1) is 11.9. The van der Waals surface area contributed by atoms with Crippen molar-refractivity contribution < 1.29 is 9.90 Å². The summed E-state index contributed by atoms with van der Waals surface area (Å²) in [7, 11) is 0. The molecule has 1 N–H and O–H groups in total. The molecule has 4 rings (SSSR count). The lowest BCUT2D eigenvalue weighted by Crippen LogP contribution is -2.26. The molecule has 0 aliphatic heterocycles. The number of nitrogens with zero attached hydrogens (tertiary/aromatic N) is 2. The van der Waals surface area contributed by atoms with E-state index in [9.17, 15) is 9.90 Å². The minimum atomic E-state index is -0.0772. The van der Waals surface area contributed by atoms with Gasteiger partial charge in [-0.1, -0.05) is 32.0 Å². The molecule has 0 bridgehead atoms. The highest BCUT2D eigenvalue weighted by Gasteiger charge is 2.36. The summed E-state index contributed by atoms with van der Waals surface area (Å²) in [6.07, 6.45) is 1.30. The highest BCUT2D eigenvalue weighted by Crippen LogP contribution is 2.40. The summed E-state index contributed by atoms with van der Waals surface area (Å²) in [5.74, 6) is 0.340. The van der Waals surface area contributed by atoms with Gasteiger partial charge < -0.3 is 5.11 Å². The van der Waals surface area contributed by atoms with Gasteiger partial charge in [-0.2, -0.15) is 5.10 Å². The monoisotopic (exact) mass is 332 g/mol. The first kappa shape index (κ1) is 15.6. The van der Waals surface area contributed by atoms with E-state index in [0.29, 0.717) is 12.0 Å². The van der Waals surface area contributed by atoms with Gasteiger partial charge in [-0.15, -0.1) is 0 Å². The summed E-state index contributed by atoms with van der Waals surface area (Å²) in [6, 6.07) is 16.8. The third-order valence-corrected chi connectivity index (χ3v) is 4.66. The first-order valence-electron chi connectivity index (χ1n) is 8.44. The summed E-state index contributed by atoms with van der Waals surface area (Å²) in [5.41, 5.74) is 4.10. The van der Waals surface area contributed by atoms with Crippen molar-refractivity contribution in [1.29, 1.82) is 0 Å². The van der Waals surface area contributed by atoms with Crippen LogP contribution in [0.1, 0.15) is 36.3 Å². The molecule has 0 atom stereocenters. The number of hydrogen-bond acceptors (Lipinski definition) is 3. The second-order valence-corrected chi connectivity index (χ2v) is 7.41. The third kappa shape index (κ3) is 2.74. The molecular weight excluding hydrogens is 312 g/mol. The van der Waals surface area contributed by atoms with E-state index in [1.54, 1.807) is 12.1 Å².